The third-order valence-corrected chi connectivity index (χ3v) is 4.33. The van der Waals surface area contributed by atoms with Gasteiger partial charge in [-0.25, -0.2) is 0 Å². The molecule has 1 fully saturated rings. The fraction of sp³-hybridized carbons (Fsp3) is 0.538. The summed E-state index contributed by atoms with van der Waals surface area (Å²) in [5.74, 6) is -1.84. The first-order chi connectivity index (χ1) is 8.40. The zero-order chi connectivity index (χ0) is 13.4. The Labute approximate surface area is 110 Å². The smallest absolute Gasteiger partial charge is 0.307 e. The summed E-state index contributed by atoms with van der Waals surface area (Å²) in [7, 11) is 0. The summed E-state index contributed by atoms with van der Waals surface area (Å²) in [6.45, 7) is 6.01. The normalized spacial score (nSPS) is 23.5. The lowest BCUT2D eigenvalue weighted by Crippen LogP contribution is -2.29. The van der Waals surface area contributed by atoms with Gasteiger partial charge in [-0.05, 0) is 38.8 Å². The van der Waals surface area contributed by atoms with Gasteiger partial charge in [0.2, 0.25) is 5.91 Å². The Morgan fingerprint density at radius 1 is 1.44 bits per heavy atom. The van der Waals surface area contributed by atoms with Gasteiger partial charge >= 0.3 is 5.97 Å². The molecule has 0 bridgehead atoms. The SMILES string of the molecule is Cc1cc([C@H](C)NC(=O)[C@@H]2C[C@@H]2C(=O)O)c(C)s1. The zero-order valence-corrected chi connectivity index (χ0v) is 11.5. The van der Waals surface area contributed by atoms with Gasteiger partial charge in [0, 0.05) is 9.75 Å². The number of rotatable bonds is 4. The highest BCUT2D eigenvalue weighted by Gasteiger charge is 2.48. The maximum absolute atomic E-state index is 11.9. The highest BCUT2D eigenvalue weighted by Crippen LogP contribution is 2.39. The summed E-state index contributed by atoms with van der Waals surface area (Å²) in [6.07, 6.45) is 0.468. The Morgan fingerprint density at radius 2 is 2.11 bits per heavy atom. The largest absolute Gasteiger partial charge is 0.481 e. The summed E-state index contributed by atoms with van der Waals surface area (Å²) in [5, 5.41) is 11.7. The van der Waals surface area contributed by atoms with E-state index in [0.29, 0.717) is 6.42 Å². The first kappa shape index (κ1) is 13.1. The molecule has 1 heterocycles. The fourth-order valence-corrected chi connectivity index (χ4v) is 3.26. The van der Waals surface area contributed by atoms with Gasteiger partial charge in [0.25, 0.3) is 0 Å². The number of thiophene rings is 1. The first-order valence-corrected chi connectivity index (χ1v) is 6.82. The van der Waals surface area contributed by atoms with Crippen molar-refractivity contribution in [2.75, 3.05) is 0 Å². The third-order valence-electron chi connectivity index (χ3n) is 3.35. The quantitative estimate of drug-likeness (QED) is 0.879. The number of nitrogens with one attached hydrogen (secondary N) is 1. The van der Waals surface area contributed by atoms with Gasteiger partial charge in [-0.3, -0.25) is 9.59 Å². The minimum atomic E-state index is -0.870. The summed E-state index contributed by atoms with van der Waals surface area (Å²) in [5.41, 5.74) is 1.12. The van der Waals surface area contributed by atoms with E-state index in [4.69, 9.17) is 5.11 Å². The van der Waals surface area contributed by atoms with Gasteiger partial charge in [0.1, 0.15) is 0 Å². The average molecular weight is 267 g/mol. The van der Waals surface area contributed by atoms with Crippen molar-refractivity contribution in [2.45, 2.75) is 33.2 Å². The van der Waals surface area contributed by atoms with Crippen LogP contribution in [0.4, 0.5) is 0 Å². The number of carboxylic acid groups (broad SMARTS) is 1. The molecule has 0 saturated heterocycles. The number of hydrogen-bond acceptors (Lipinski definition) is 3. The lowest BCUT2D eigenvalue weighted by Gasteiger charge is -2.13. The van der Waals surface area contributed by atoms with Gasteiger partial charge in [-0.15, -0.1) is 11.3 Å². The lowest BCUT2D eigenvalue weighted by atomic mass is 10.1. The molecule has 98 valence electrons. The number of aryl methyl sites for hydroxylation is 2. The van der Waals surface area contributed by atoms with Crippen LogP contribution in [0.1, 0.15) is 34.7 Å². The number of hydrogen-bond donors (Lipinski definition) is 2. The second-order valence-electron chi connectivity index (χ2n) is 4.89. The second kappa shape index (κ2) is 4.72. The molecular weight excluding hydrogens is 250 g/mol. The van der Waals surface area contributed by atoms with Crippen LogP contribution in [0.2, 0.25) is 0 Å². The van der Waals surface area contributed by atoms with E-state index in [9.17, 15) is 9.59 Å². The molecular formula is C13H17NO3S. The van der Waals surface area contributed by atoms with Crippen molar-refractivity contribution in [3.63, 3.8) is 0 Å². The fourth-order valence-electron chi connectivity index (χ4n) is 2.24. The number of amides is 1. The predicted molar refractivity (Wildman–Crippen MR) is 69.6 cm³/mol. The molecule has 0 unspecified atom stereocenters. The second-order valence-corrected chi connectivity index (χ2v) is 6.35. The summed E-state index contributed by atoms with van der Waals surface area (Å²) in [4.78, 5) is 25.0. The Balaban J connectivity index is 1.96. The lowest BCUT2D eigenvalue weighted by molar-refractivity contribution is -0.140. The first-order valence-electron chi connectivity index (χ1n) is 6.00. The Hall–Kier alpha value is -1.36. The van der Waals surface area contributed by atoms with Gasteiger partial charge in [0.05, 0.1) is 17.9 Å². The molecule has 18 heavy (non-hydrogen) atoms. The van der Waals surface area contributed by atoms with E-state index in [1.54, 1.807) is 11.3 Å². The van der Waals surface area contributed by atoms with Crippen molar-refractivity contribution in [3.8, 4) is 0 Å². The van der Waals surface area contributed by atoms with Gasteiger partial charge in [-0.2, -0.15) is 0 Å². The minimum absolute atomic E-state index is 0.0579. The molecule has 0 aromatic carbocycles. The van der Waals surface area contributed by atoms with Crippen LogP contribution < -0.4 is 5.32 Å². The van der Waals surface area contributed by atoms with Crippen LogP contribution in [0.25, 0.3) is 0 Å². The van der Waals surface area contributed by atoms with Crippen LogP contribution >= 0.6 is 11.3 Å². The number of carbonyl (C=O) groups is 2. The minimum Gasteiger partial charge on any atom is -0.481 e. The molecule has 0 radical (unpaired) electrons. The highest BCUT2D eigenvalue weighted by atomic mass is 32.1. The maximum atomic E-state index is 11.9. The number of carbonyl (C=O) groups excluding carboxylic acids is 1. The molecule has 5 heteroatoms. The highest BCUT2D eigenvalue weighted by molar-refractivity contribution is 7.12. The van der Waals surface area contributed by atoms with Gasteiger partial charge < -0.3 is 10.4 Å². The molecule has 3 atom stereocenters. The van der Waals surface area contributed by atoms with E-state index >= 15 is 0 Å². The van der Waals surface area contributed by atoms with E-state index in [1.807, 2.05) is 20.8 Å². The van der Waals surface area contributed by atoms with E-state index in [2.05, 4.69) is 11.4 Å². The van der Waals surface area contributed by atoms with E-state index in [-0.39, 0.29) is 17.9 Å². The van der Waals surface area contributed by atoms with Crippen LogP contribution in [0, 0.1) is 25.7 Å². The molecule has 0 spiro atoms. The van der Waals surface area contributed by atoms with Crippen LogP contribution in [-0.4, -0.2) is 17.0 Å². The van der Waals surface area contributed by atoms with Crippen molar-refractivity contribution < 1.29 is 14.7 Å². The van der Waals surface area contributed by atoms with Crippen LogP contribution in [0.15, 0.2) is 6.07 Å². The van der Waals surface area contributed by atoms with Gasteiger partial charge in [0.15, 0.2) is 0 Å². The standard InChI is InChI=1S/C13H17NO3S/c1-6-4-9(8(3)18-6)7(2)14-12(15)10-5-11(10)13(16)17/h4,7,10-11H,5H2,1-3H3,(H,14,15)(H,16,17)/t7-,10+,11-/m0/s1. The molecule has 1 saturated carbocycles. The van der Waals surface area contributed by atoms with Crippen molar-refractivity contribution in [2.24, 2.45) is 11.8 Å². The monoisotopic (exact) mass is 267 g/mol. The van der Waals surface area contributed by atoms with E-state index < -0.39 is 11.9 Å². The molecule has 1 aromatic heterocycles. The van der Waals surface area contributed by atoms with Crippen molar-refractivity contribution >= 4 is 23.2 Å². The van der Waals surface area contributed by atoms with Crippen LogP contribution in [0.3, 0.4) is 0 Å². The van der Waals surface area contributed by atoms with Crippen LogP contribution in [-0.2, 0) is 9.59 Å². The molecule has 2 rings (SSSR count). The zero-order valence-electron chi connectivity index (χ0n) is 10.7. The Bertz CT molecular complexity index is 494. The predicted octanol–water partition coefficient (Wildman–Crippen LogP) is 2.26. The van der Waals surface area contributed by atoms with Crippen molar-refractivity contribution in [1.29, 1.82) is 0 Å². The third kappa shape index (κ3) is 2.56. The molecule has 1 aliphatic carbocycles. The average Bonchev–Trinajstić information content (AvgIpc) is 2.99. The Morgan fingerprint density at radius 3 is 2.56 bits per heavy atom. The summed E-state index contributed by atoms with van der Waals surface area (Å²) in [6, 6.07) is 2.02. The van der Waals surface area contributed by atoms with Gasteiger partial charge in [-0.1, -0.05) is 0 Å². The molecule has 1 aliphatic rings. The molecule has 4 nitrogen and oxygen atoms in total. The maximum Gasteiger partial charge on any atom is 0.307 e. The van der Waals surface area contributed by atoms with Crippen LogP contribution in [0.5, 0.6) is 0 Å². The van der Waals surface area contributed by atoms with E-state index in [0.717, 1.165) is 5.56 Å². The number of aliphatic carboxylic acids is 1. The molecule has 1 aromatic rings. The summed E-state index contributed by atoms with van der Waals surface area (Å²) >= 11 is 1.71. The van der Waals surface area contributed by atoms with Crippen molar-refractivity contribution in [3.05, 3.63) is 21.4 Å². The Kier molecular flexibility index (Phi) is 3.43. The molecule has 1 amide bonds. The van der Waals surface area contributed by atoms with E-state index in [1.165, 1.54) is 9.75 Å². The number of carboxylic acids is 1. The molecule has 0 aliphatic heterocycles. The topological polar surface area (TPSA) is 66.4 Å². The van der Waals surface area contributed by atoms with Crippen molar-refractivity contribution in [1.82, 2.24) is 5.32 Å². The molecule has 2 N–H and O–H groups in total. The summed E-state index contributed by atoms with van der Waals surface area (Å²) < 4.78 is 0.